The third-order valence-electron chi connectivity index (χ3n) is 2.52. The number of nitrogens with zero attached hydrogens (tertiary/aromatic N) is 1. The number of aromatic nitrogens is 1. The van der Waals surface area contributed by atoms with Crippen molar-refractivity contribution in [3.05, 3.63) is 23.5 Å². The van der Waals surface area contributed by atoms with E-state index in [1.54, 1.807) is 33.6 Å². The van der Waals surface area contributed by atoms with Gasteiger partial charge in [-0.15, -0.1) is 0 Å². The van der Waals surface area contributed by atoms with Crippen LogP contribution in [0.25, 0.3) is 10.8 Å². The third-order valence-corrected chi connectivity index (χ3v) is 2.82. The molecule has 0 aliphatic carbocycles. The molecule has 0 radical (unpaired) electrons. The SMILES string of the molecule is COc1cc2c(Cl)nccc2c(OC)c1OC. The Hall–Kier alpha value is -1.68. The van der Waals surface area contributed by atoms with Crippen LogP contribution in [0.15, 0.2) is 18.3 Å². The van der Waals surface area contributed by atoms with Gasteiger partial charge in [-0.3, -0.25) is 0 Å². The van der Waals surface area contributed by atoms with Crippen LogP contribution in [-0.4, -0.2) is 26.3 Å². The summed E-state index contributed by atoms with van der Waals surface area (Å²) in [7, 11) is 4.70. The lowest BCUT2D eigenvalue weighted by molar-refractivity contribution is 0.327. The molecule has 0 saturated carbocycles. The monoisotopic (exact) mass is 253 g/mol. The number of pyridine rings is 1. The first-order valence-corrected chi connectivity index (χ1v) is 5.34. The Bertz CT molecular complexity index is 557. The van der Waals surface area contributed by atoms with Gasteiger partial charge in [-0.1, -0.05) is 11.6 Å². The molecule has 2 rings (SSSR count). The van der Waals surface area contributed by atoms with E-state index in [0.717, 1.165) is 10.8 Å². The fraction of sp³-hybridized carbons (Fsp3) is 0.250. The largest absolute Gasteiger partial charge is 0.493 e. The van der Waals surface area contributed by atoms with E-state index >= 15 is 0 Å². The Morgan fingerprint density at radius 3 is 2.29 bits per heavy atom. The van der Waals surface area contributed by atoms with Gasteiger partial charge in [-0.25, -0.2) is 4.98 Å². The van der Waals surface area contributed by atoms with Gasteiger partial charge in [0.15, 0.2) is 11.5 Å². The van der Waals surface area contributed by atoms with Crippen LogP contribution in [0.3, 0.4) is 0 Å². The lowest BCUT2D eigenvalue weighted by Gasteiger charge is -2.14. The summed E-state index contributed by atoms with van der Waals surface area (Å²) in [6.45, 7) is 0. The summed E-state index contributed by atoms with van der Waals surface area (Å²) >= 11 is 6.05. The molecule has 0 spiro atoms. The number of benzene rings is 1. The summed E-state index contributed by atoms with van der Waals surface area (Å²) in [5.74, 6) is 1.70. The van der Waals surface area contributed by atoms with Crippen LogP contribution >= 0.6 is 11.6 Å². The van der Waals surface area contributed by atoms with Crippen molar-refractivity contribution in [3.8, 4) is 17.2 Å². The minimum atomic E-state index is 0.404. The van der Waals surface area contributed by atoms with Crippen molar-refractivity contribution in [2.45, 2.75) is 0 Å². The Labute approximate surface area is 104 Å². The molecule has 0 unspecified atom stereocenters. The van der Waals surface area contributed by atoms with E-state index in [-0.39, 0.29) is 0 Å². The molecule has 2 aromatic rings. The van der Waals surface area contributed by atoms with Crippen LogP contribution in [0.2, 0.25) is 5.15 Å². The molecule has 0 N–H and O–H groups in total. The number of halogens is 1. The fourth-order valence-electron chi connectivity index (χ4n) is 1.76. The summed E-state index contributed by atoms with van der Waals surface area (Å²) < 4.78 is 15.9. The lowest BCUT2D eigenvalue weighted by atomic mass is 10.1. The molecule has 1 aromatic carbocycles. The number of hydrogen-bond acceptors (Lipinski definition) is 4. The zero-order chi connectivity index (χ0) is 12.4. The summed E-state index contributed by atoms with van der Waals surface area (Å²) in [6, 6.07) is 3.61. The number of rotatable bonds is 3. The van der Waals surface area contributed by atoms with Gasteiger partial charge in [0.1, 0.15) is 5.15 Å². The average molecular weight is 254 g/mol. The van der Waals surface area contributed by atoms with Crippen molar-refractivity contribution in [1.82, 2.24) is 4.98 Å². The summed E-state index contributed by atoms with van der Waals surface area (Å²) in [5.41, 5.74) is 0. The minimum Gasteiger partial charge on any atom is -0.493 e. The molecule has 0 atom stereocenters. The second-order valence-electron chi connectivity index (χ2n) is 3.34. The maximum atomic E-state index is 6.05. The summed E-state index contributed by atoms with van der Waals surface area (Å²) in [5, 5.41) is 2.01. The number of hydrogen-bond donors (Lipinski definition) is 0. The van der Waals surface area contributed by atoms with Crippen molar-refractivity contribution in [2.24, 2.45) is 0 Å². The molecule has 1 heterocycles. The Balaban J connectivity index is 2.88. The highest BCUT2D eigenvalue weighted by atomic mass is 35.5. The minimum absolute atomic E-state index is 0.404. The van der Waals surface area contributed by atoms with Gasteiger partial charge in [0.2, 0.25) is 5.75 Å². The lowest BCUT2D eigenvalue weighted by Crippen LogP contribution is -1.96. The average Bonchev–Trinajstić information content (AvgIpc) is 2.36. The van der Waals surface area contributed by atoms with Crippen molar-refractivity contribution in [2.75, 3.05) is 21.3 Å². The Morgan fingerprint density at radius 1 is 1.00 bits per heavy atom. The van der Waals surface area contributed by atoms with E-state index in [1.807, 2.05) is 6.07 Å². The predicted molar refractivity (Wildman–Crippen MR) is 66.4 cm³/mol. The van der Waals surface area contributed by atoms with Crippen molar-refractivity contribution in [3.63, 3.8) is 0 Å². The molecule has 0 fully saturated rings. The molecule has 1 aromatic heterocycles. The highest BCUT2D eigenvalue weighted by Gasteiger charge is 2.17. The molecule has 0 saturated heterocycles. The van der Waals surface area contributed by atoms with Gasteiger partial charge in [-0.2, -0.15) is 0 Å². The van der Waals surface area contributed by atoms with Crippen LogP contribution in [0.1, 0.15) is 0 Å². The number of fused-ring (bicyclic) bond motifs is 1. The summed E-state index contributed by atoms with van der Waals surface area (Å²) in [4.78, 5) is 4.03. The van der Waals surface area contributed by atoms with Crippen LogP contribution in [0, 0.1) is 0 Å². The second-order valence-corrected chi connectivity index (χ2v) is 3.70. The quantitative estimate of drug-likeness (QED) is 0.789. The molecule has 0 aliphatic heterocycles. The van der Waals surface area contributed by atoms with E-state index in [4.69, 9.17) is 25.8 Å². The zero-order valence-corrected chi connectivity index (χ0v) is 10.5. The molecule has 0 aliphatic rings. The molecule has 0 bridgehead atoms. The van der Waals surface area contributed by atoms with Gasteiger partial charge in [0.05, 0.1) is 21.3 Å². The first kappa shape index (κ1) is 11.8. The molecule has 4 nitrogen and oxygen atoms in total. The highest BCUT2D eigenvalue weighted by molar-refractivity contribution is 6.34. The normalized spacial score (nSPS) is 10.4. The summed E-state index contributed by atoms with van der Waals surface area (Å²) in [6.07, 6.45) is 1.62. The molecule has 5 heteroatoms. The van der Waals surface area contributed by atoms with Crippen LogP contribution in [-0.2, 0) is 0 Å². The van der Waals surface area contributed by atoms with Gasteiger partial charge < -0.3 is 14.2 Å². The topological polar surface area (TPSA) is 40.6 Å². The van der Waals surface area contributed by atoms with Gasteiger partial charge in [0, 0.05) is 17.0 Å². The maximum Gasteiger partial charge on any atom is 0.203 e. The molecule has 17 heavy (non-hydrogen) atoms. The van der Waals surface area contributed by atoms with E-state index in [1.165, 1.54) is 0 Å². The van der Waals surface area contributed by atoms with Gasteiger partial charge in [0.25, 0.3) is 0 Å². The van der Waals surface area contributed by atoms with Crippen molar-refractivity contribution >= 4 is 22.4 Å². The molecular weight excluding hydrogens is 242 g/mol. The Morgan fingerprint density at radius 2 is 1.71 bits per heavy atom. The molecular formula is C12H12ClNO3. The first-order chi connectivity index (χ1) is 8.22. The van der Waals surface area contributed by atoms with Gasteiger partial charge >= 0.3 is 0 Å². The van der Waals surface area contributed by atoms with Crippen LogP contribution in [0.4, 0.5) is 0 Å². The van der Waals surface area contributed by atoms with E-state index in [9.17, 15) is 0 Å². The van der Waals surface area contributed by atoms with Crippen molar-refractivity contribution in [1.29, 1.82) is 0 Å². The van der Waals surface area contributed by atoms with E-state index in [2.05, 4.69) is 4.98 Å². The predicted octanol–water partition coefficient (Wildman–Crippen LogP) is 2.91. The van der Waals surface area contributed by atoms with Crippen LogP contribution < -0.4 is 14.2 Å². The maximum absolute atomic E-state index is 6.05. The first-order valence-electron chi connectivity index (χ1n) is 4.96. The fourth-order valence-corrected chi connectivity index (χ4v) is 1.97. The smallest absolute Gasteiger partial charge is 0.203 e. The number of methoxy groups -OCH3 is 3. The van der Waals surface area contributed by atoms with Crippen LogP contribution in [0.5, 0.6) is 17.2 Å². The highest BCUT2D eigenvalue weighted by Crippen LogP contribution is 2.44. The van der Waals surface area contributed by atoms with E-state index < -0.39 is 0 Å². The third kappa shape index (κ3) is 1.85. The van der Waals surface area contributed by atoms with Crippen molar-refractivity contribution < 1.29 is 14.2 Å². The standard InChI is InChI=1S/C12H12ClNO3/c1-15-9-6-8-7(4-5-14-12(8)13)10(16-2)11(9)17-3/h4-6H,1-3H3. The molecule has 0 amide bonds. The Kier molecular flexibility index (Phi) is 3.24. The van der Waals surface area contributed by atoms with Gasteiger partial charge in [-0.05, 0) is 12.1 Å². The molecule has 90 valence electrons. The second kappa shape index (κ2) is 4.67. The van der Waals surface area contributed by atoms with E-state index in [0.29, 0.717) is 22.4 Å². The zero-order valence-electron chi connectivity index (χ0n) is 9.78. The number of ether oxygens (including phenoxy) is 3.